The molecule has 1 amide bonds. The van der Waals surface area contributed by atoms with Crippen LogP contribution in [0.1, 0.15) is 31.7 Å². The Balaban J connectivity index is 2.00. The van der Waals surface area contributed by atoms with Gasteiger partial charge in [-0.15, -0.1) is 0 Å². The van der Waals surface area contributed by atoms with Gasteiger partial charge in [-0.05, 0) is 50.8 Å². The fourth-order valence-electron chi connectivity index (χ4n) is 2.25. The van der Waals surface area contributed by atoms with Crippen LogP contribution in [-0.4, -0.2) is 18.0 Å². The van der Waals surface area contributed by atoms with Crippen LogP contribution in [-0.2, 0) is 4.79 Å². The highest BCUT2D eigenvalue weighted by molar-refractivity contribution is 6.31. The van der Waals surface area contributed by atoms with Crippen LogP contribution >= 0.6 is 11.6 Å². The van der Waals surface area contributed by atoms with Crippen molar-refractivity contribution in [3.05, 3.63) is 28.8 Å². The second kappa shape index (κ2) is 5.72. The highest BCUT2D eigenvalue weighted by Crippen LogP contribution is 2.21. The molecule has 2 atom stereocenters. The molecule has 2 N–H and O–H groups in total. The van der Waals surface area contributed by atoms with Crippen molar-refractivity contribution < 1.29 is 4.79 Å². The maximum absolute atomic E-state index is 12.1. The first-order valence-electron chi connectivity index (χ1n) is 6.39. The van der Waals surface area contributed by atoms with Gasteiger partial charge in [0.1, 0.15) is 0 Å². The van der Waals surface area contributed by atoms with Crippen molar-refractivity contribution in [1.82, 2.24) is 5.32 Å². The Morgan fingerprint density at radius 2 is 2.22 bits per heavy atom. The van der Waals surface area contributed by atoms with Crippen molar-refractivity contribution in [2.24, 2.45) is 0 Å². The zero-order valence-corrected chi connectivity index (χ0v) is 11.6. The summed E-state index contributed by atoms with van der Waals surface area (Å²) in [5.74, 6) is 0.0291. The van der Waals surface area contributed by atoms with E-state index in [4.69, 9.17) is 11.6 Å². The fourth-order valence-corrected chi connectivity index (χ4v) is 2.43. The van der Waals surface area contributed by atoms with Gasteiger partial charge in [0.05, 0.1) is 6.04 Å². The Morgan fingerprint density at radius 3 is 2.89 bits per heavy atom. The Hall–Kier alpha value is -1.06. The molecule has 18 heavy (non-hydrogen) atoms. The molecule has 2 rings (SSSR count). The van der Waals surface area contributed by atoms with Crippen LogP contribution in [0.25, 0.3) is 0 Å². The number of rotatable bonds is 2. The summed E-state index contributed by atoms with van der Waals surface area (Å²) in [7, 11) is 0. The van der Waals surface area contributed by atoms with Gasteiger partial charge in [0.15, 0.2) is 0 Å². The number of carbonyl (C=O) groups is 1. The molecule has 0 bridgehead atoms. The summed E-state index contributed by atoms with van der Waals surface area (Å²) in [6.07, 6.45) is 3.14. The van der Waals surface area contributed by atoms with E-state index in [0.29, 0.717) is 11.1 Å². The molecular weight excluding hydrogens is 248 g/mol. The predicted octanol–water partition coefficient (Wildman–Crippen LogP) is 3.12. The highest BCUT2D eigenvalue weighted by atomic mass is 35.5. The van der Waals surface area contributed by atoms with Crippen molar-refractivity contribution in [2.45, 2.75) is 45.2 Å². The minimum absolute atomic E-state index is 0.0291. The van der Waals surface area contributed by atoms with Gasteiger partial charge in [0.25, 0.3) is 0 Å². The van der Waals surface area contributed by atoms with Crippen molar-refractivity contribution >= 4 is 23.2 Å². The Kier molecular flexibility index (Phi) is 4.25. The molecule has 1 aromatic carbocycles. The van der Waals surface area contributed by atoms with E-state index >= 15 is 0 Å². The van der Waals surface area contributed by atoms with E-state index in [1.807, 2.05) is 19.1 Å². The minimum Gasteiger partial charge on any atom is -0.325 e. The average Bonchev–Trinajstić information content (AvgIpc) is 2.34. The summed E-state index contributed by atoms with van der Waals surface area (Å²) in [5, 5.41) is 6.91. The fraction of sp³-hybridized carbons (Fsp3) is 0.500. The zero-order valence-electron chi connectivity index (χ0n) is 10.8. The lowest BCUT2D eigenvalue weighted by molar-refractivity contribution is -0.118. The van der Waals surface area contributed by atoms with Crippen LogP contribution in [0.3, 0.4) is 0 Å². The van der Waals surface area contributed by atoms with E-state index in [0.717, 1.165) is 30.5 Å². The Morgan fingerprint density at radius 1 is 1.44 bits per heavy atom. The van der Waals surface area contributed by atoms with Crippen LogP contribution in [0.2, 0.25) is 5.02 Å². The van der Waals surface area contributed by atoms with E-state index in [1.54, 1.807) is 6.07 Å². The maximum atomic E-state index is 12.1. The highest BCUT2D eigenvalue weighted by Gasteiger charge is 2.24. The number of halogens is 1. The number of piperidine rings is 1. The number of aryl methyl sites for hydroxylation is 1. The molecule has 0 saturated carbocycles. The second-order valence-electron chi connectivity index (χ2n) is 5.00. The minimum atomic E-state index is -0.0890. The van der Waals surface area contributed by atoms with Gasteiger partial charge in [-0.1, -0.05) is 17.7 Å². The van der Waals surface area contributed by atoms with Crippen molar-refractivity contribution in [2.75, 3.05) is 5.32 Å². The second-order valence-corrected chi connectivity index (χ2v) is 5.41. The van der Waals surface area contributed by atoms with Crippen LogP contribution in [0.15, 0.2) is 18.2 Å². The number of benzene rings is 1. The Bertz CT molecular complexity index is 447. The van der Waals surface area contributed by atoms with Gasteiger partial charge >= 0.3 is 0 Å². The van der Waals surface area contributed by atoms with Gasteiger partial charge in [-0.3, -0.25) is 4.79 Å². The number of amides is 1. The molecule has 3 nitrogen and oxygen atoms in total. The monoisotopic (exact) mass is 266 g/mol. The molecule has 0 spiro atoms. The lowest BCUT2D eigenvalue weighted by atomic mass is 9.99. The van der Waals surface area contributed by atoms with Crippen molar-refractivity contribution in [3.63, 3.8) is 0 Å². The average molecular weight is 267 g/mol. The molecule has 0 aromatic heterocycles. The smallest absolute Gasteiger partial charge is 0.241 e. The first-order valence-corrected chi connectivity index (χ1v) is 6.77. The quantitative estimate of drug-likeness (QED) is 0.864. The lowest BCUT2D eigenvalue weighted by Crippen LogP contribution is -2.47. The van der Waals surface area contributed by atoms with E-state index < -0.39 is 0 Å². The van der Waals surface area contributed by atoms with Gasteiger partial charge < -0.3 is 10.6 Å². The summed E-state index contributed by atoms with van der Waals surface area (Å²) < 4.78 is 0. The molecule has 2 unspecified atom stereocenters. The molecule has 0 aliphatic carbocycles. The summed E-state index contributed by atoms with van der Waals surface area (Å²) in [5.41, 5.74) is 1.77. The summed E-state index contributed by atoms with van der Waals surface area (Å²) in [6.45, 7) is 4.06. The van der Waals surface area contributed by atoms with E-state index in [9.17, 15) is 4.79 Å². The normalized spacial score (nSPS) is 23.7. The van der Waals surface area contributed by atoms with Crippen molar-refractivity contribution in [1.29, 1.82) is 0 Å². The Labute approximate surface area is 113 Å². The maximum Gasteiger partial charge on any atom is 0.241 e. The first-order chi connectivity index (χ1) is 8.56. The third-order valence-electron chi connectivity index (χ3n) is 3.37. The molecule has 1 saturated heterocycles. The van der Waals surface area contributed by atoms with E-state index in [-0.39, 0.29) is 11.9 Å². The molecule has 1 aromatic rings. The van der Waals surface area contributed by atoms with Gasteiger partial charge in [-0.25, -0.2) is 0 Å². The third-order valence-corrected chi connectivity index (χ3v) is 3.78. The van der Waals surface area contributed by atoms with Crippen LogP contribution < -0.4 is 10.6 Å². The number of hydrogen-bond donors (Lipinski definition) is 2. The first kappa shape index (κ1) is 13.4. The van der Waals surface area contributed by atoms with E-state index in [1.165, 1.54) is 0 Å². The topological polar surface area (TPSA) is 41.1 Å². The van der Waals surface area contributed by atoms with Crippen LogP contribution in [0.4, 0.5) is 5.69 Å². The van der Waals surface area contributed by atoms with E-state index in [2.05, 4.69) is 17.6 Å². The summed E-state index contributed by atoms with van der Waals surface area (Å²) >= 11 is 6.04. The SMILES string of the molecule is Cc1ccc(NC(=O)C2CCCC(C)N2)cc1Cl. The summed E-state index contributed by atoms with van der Waals surface area (Å²) in [6, 6.07) is 5.91. The van der Waals surface area contributed by atoms with Gasteiger partial charge in [0.2, 0.25) is 5.91 Å². The molecule has 1 heterocycles. The number of hydrogen-bond acceptors (Lipinski definition) is 2. The molecule has 0 radical (unpaired) electrons. The number of nitrogens with one attached hydrogen (secondary N) is 2. The largest absolute Gasteiger partial charge is 0.325 e. The molecule has 1 aliphatic heterocycles. The molecule has 98 valence electrons. The predicted molar refractivity (Wildman–Crippen MR) is 75.1 cm³/mol. The lowest BCUT2D eigenvalue weighted by Gasteiger charge is -2.27. The molecule has 4 heteroatoms. The van der Waals surface area contributed by atoms with Crippen molar-refractivity contribution in [3.8, 4) is 0 Å². The molecular formula is C14H19ClN2O. The van der Waals surface area contributed by atoms with Gasteiger partial charge in [-0.2, -0.15) is 0 Å². The standard InChI is InChI=1S/C14H19ClN2O/c1-9-6-7-11(8-12(9)15)17-14(18)13-5-3-4-10(2)16-13/h6-8,10,13,16H,3-5H2,1-2H3,(H,17,18). The van der Waals surface area contributed by atoms with Crippen LogP contribution in [0, 0.1) is 6.92 Å². The number of carbonyl (C=O) groups excluding carboxylic acids is 1. The molecule has 1 aliphatic rings. The zero-order chi connectivity index (χ0) is 13.1. The molecule has 1 fully saturated rings. The van der Waals surface area contributed by atoms with Gasteiger partial charge in [0, 0.05) is 16.8 Å². The third kappa shape index (κ3) is 3.24. The van der Waals surface area contributed by atoms with Crippen LogP contribution in [0.5, 0.6) is 0 Å². The number of anilines is 1. The summed E-state index contributed by atoms with van der Waals surface area (Å²) in [4.78, 5) is 12.1.